The van der Waals surface area contributed by atoms with Gasteiger partial charge in [0, 0.05) is 50.8 Å². The maximum Gasteiger partial charge on any atom is 0.164 e. The van der Waals surface area contributed by atoms with Crippen molar-refractivity contribution in [1.29, 1.82) is 0 Å². The summed E-state index contributed by atoms with van der Waals surface area (Å²) in [6, 6.07) is 58.8. The SMILES string of the molecule is c1ccc(-c2nc(-c3ccc(-c4cc5ccccc5c5ccc6ccncc6c45)cc3)nc(-c3ccc(-c4ccccc4)c4oc5ccccc5c34)n2)cc1. The fraction of sp³-hybridized carbons (Fsp3) is 0. The minimum absolute atomic E-state index is 0.587. The van der Waals surface area contributed by atoms with E-state index in [4.69, 9.17) is 19.4 Å². The molecule has 0 N–H and O–H groups in total. The van der Waals surface area contributed by atoms with Crippen LogP contribution in [-0.4, -0.2) is 19.9 Å². The Balaban J connectivity index is 1.11. The summed E-state index contributed by atoms with van der Waals surface area (Å²) in [5.74, 6) is 1.79. The maximum absolute atomic E-state index is 6.59. The Labute approximate surface area is 316 Å². The monoisotopic (exact) mass is 702 g/mol. The predicted octanol–water partition coefficient (Wildman–Crippen LogP) is 13.0. The van der Waals surface area contributed by atoms with E-state index in [-0.39, 0.29) is 0 Å². The number of rotatable bonds is 5. The van der Waals surface area contributed by atoms with Crippen molar-refractivity contribution in [2.45, 2.75) is 0 Å². The molecule has 8 aromatic carbocycles. The van der Waals surface area contributed by atoms with E-state index >= 15 is 0 Å². The molecule has 0 spiro atoms. The van der Waals surface area contributed by atoms with Gasteiger partial charge in [-0.15, -0.1) is 0 Å². The highest BCUT2D eigenvalue weighted by Gasteiger charge is 2.21. The van der Waals surface area contributed by atoms with Gasteiger partial charge in [-0.3, -0.25) is 4.98 Å². The summed E-state index contributed by atoms with van der Waals surface area (Å²) in [6.45, 7) is 0. The van der Waals surface area contributed by atoms with E-state index in [1.165, 1.54) is 21.5 Å². The van der Waals surface area contributed by atoms with Crippen LogP contribution in [-0.2, 0) is 0 Å². The third-order valence-corrected chi connectivity index (χ3v) is 10.6. The molecule has 0 saturated carbocycles. The average Bonchev–Trinajstić information content (AvgIpc) is 3.66. The van der Waals surface area contributed by atoms with Crippen molar-refractivity contribution in [2.75, 3.05) is 0 Å². The first kappa shape index (κ1) is 31.1. The van der Waals surface area contributed by atoms with Crippen LogP contribution in [0.15, 0.2) is 187 Å². The summed E-state index contributed by atoms with van der Waals surface area (Å²) in [5, 5.41) is 9.13. The topological polar surface area (TPSA) is 64.7 Å². The molecule has 0 amide bonds. The van der Waals surface area contributed by atoms with Crippen molar-refractivity contribution in [2.24, 2.45) is 0 Å². The molecule has 3 aromatic heterocycles. The average molecular weight is 703 g/mol. The Hall–Kier alpha value is -7.50. The van der Waals surface area contributed by atoms with Gasteiger partial charge >= 0.3 is 0 Å². The van der Waals surface area contributed by atoms with Crippen molar-refractivity contribution in [1.82, 2.24) is 19.9 Å². The Morgan fingerprint density at radius 1 is 0.364 bits per heavy atom. The van der Waals surface area contributed by atoms with E-state index in [1.807, 2.05) is 67.0 Å². The lowest BCUT2D eigenvalue weighted by Crippen LogP contribution is -2.00. The van der Waals surface area contributed by atoms with E-state index < -0.39 is 0 Å². The number of hydrogen-bond donors (Lipinski definition) is 0. The largest absolute Gasteiger partial charge is 0.455 e. The smallest absolute Gasteiger partial charge is 0.164 e. The maximum atomic E-state index is 6.59. The van der Waals surface area contributed by atoms with E-state index in [0.29, 0.717) is 17.5 Å². The molecule has 55 heavy (non-hydrogen) atoms. The second-order valence-electron chi connectivity index (χ2n) is 13.8. The van der Waals surface area contributed by atoms with Crippen LogP contribution in [0.4, 0.5) is 0 Å². The molecule has 0 atom stereocenters. The number of benzene rings is 8. The molecule has 11 aromatic rings. The van der Waals surface area contributed by atoms with Crippen LogP contribution < -0.4 is 0 Å². The zero-order valence-electron chi connectivity index (χ0n) is 29.5. The van der Waals surface area contributed by atoms with Gasteiger partial charge in [0.2, 0.25) is 0 Å². The molecule has 0 bridgehead atoms. The zero-order valence-corrected chi connectivity index (χ0v) is 29.5. The zero-order chi connectivity index (χ0) is 36.3. The van der Waals surface area contributed by atoms with Gasteiger partial charge in [-0.2, -0.15) is 0 Å². The summed E-state index contributed by atoms with van der Waals surface area (Å²) >= 11 is 0. The Kier molecular flexibility index (Phi) is 7.10. The van der Waals surface area contributed by atoms with Gasteiger partial charge in [0.05, 0.1) is 0 Å². The van der Waals surface area contributed by atoms with Crippen LogP contribution >= 0.6 is 0 Å². The highest BCUT2D eigenvalue weighted by atomic mass is 16.3. The van der Waals surface area contributed by atoms with E-state index in [0.717, 1.165) is 71.7 Å². The van der Waals surface area contributed by atoms with Crippen molar-refractivity contribution in [3.63, 3.8) is 0 Å². The van der Waals surface area contributed by atoms with Gasteiger partial charge in [-0.05, 0) is 74.0 Å². The predicted molar refractivity (Wildman–Crippen MR) is 225 cm³/mol. The number of furan rings is 1. The molecule has 0 aliphatic rings. The van der Waals surface area contributed by atoms with Crippen LogP contribution in [0, 0.1) is 0 Å². The minimum atomic E-state index is 0.587. The van der Waals surface area contributed by atoms with Gasteiger partial charge in [0.15, 0.2) is 17.5 Å². The molecular formula is C50H30N4O. The second kappa shape index (κ2) is 12.6. The highest BCUT2D eigenvalue weighted by Crippen LogP contribution is 2.42. The molecule has 256 valence electrons. The second-order valence-corrected chi connectivity index (χ2v) is 13.8. The summed E-state index contributed by atoms with van der Waals surface area (Å²) < 4.78 is 6.59. The Bertz CT molecular complexity index is 3250. The molecular weight excluding hydrogens is 673 g/mol. The van der Waals surface area contributed by atoms with Crippen molar-refractivity contribution < 1.29 is 4.42 Å². The quantitative estimate of drug-likeness (QED) is 0.167. The van der Waals surface area contributed by atoms with Crippen molar-refractivity contribution >= 4 is 54.3 Å². The number of pyridine rings is 1. The normalized spacial score (nSPS) is 11.6. The number of fused-ring (bicyclic) bond motifs is 8. The van der Waals surface area contributed by atoms with Crippen LogP contribution in [0.3, 0.4) is 0 Å². The lowest BCUT2D eigenvalue weighted by Gasteiger charge is -2.14. The fourth-order valence-corrected chi connectivity index (χ4v) is 8.00. The molecule has 5 nitrogen and oxygen atoms in total. The summed E-state index contributed by atoms with van der Waals surface area (Å²) in [7, 11) is 0. The van der Waals surface area contributed by atoms with E-state index in [2.05, 4.69) is 120 Å². The number of hydrogen-bond acceptors (Lipinski definition) is 5. The minimum Gasteiger partial charge on any atom is -0.455 e. The molecule has 0 unspecified atom stereocenters. The number of nitrogens with zero attached hydrogens (tertiary/aromatic N) is 4. The molecule has 11 rings (SSSR count). The Morgan fingerprint density at radius 3 is 1.78 bits per heavy atom. The van der Waals surface area contributed by atoms with E-state index in [9.17, 15) is 0 Å². The van der Waals surface area contributed by atoms with Crippen LogP contribution in [0.25, 0.3) is 111 Å². The third-order valence-electron chi connectivity index (χ3n) is 10.6. The standard InChI is InChI=1S/C50H30N4O/c1-3-11-31(12-4-1)38-25-26-41(46-40-17-9-10-18-44(40)55-47(38)46)50-53-48(34-13-5-2-6-14-34)52-49(54-50)35-21-19-32(20-22-35)42-29-36-15-7-8-16-37(36)39-24-23-33-27-28-51-30-43(33)45(39)42/h1-30H. The van der Waals surface area contributed by atoms with Gasteiger partial charge in [-0.1, -0.05) is 140 Å². The summed E-state index contributed by atoms with van der Waals surface area (Å²) in [6.07, 6.45) is 3.84. The number of para-hydroxylation sites is 1. The third kappa shape index (κ3) is 5.17. The van der Waals surface area contributed by atoms with Crippen molar-refractivity contribution in [3.8, 4) is 56.4 Å². The molecule has 5 heteroatoms. The lowest BCUT2D eigenvalue weighted by molar-refractivity contribution is 0.670. The van der Waals surface area contributed by atoms with Crippen LogP contribution in [0.1, 0.15) is 0 Å². The van der Waals surface area contributed by atoms with Crippen molar-refractivity contribution in [3.05, 3.63) is 182 Å². The first-order valence-electron chi connectivity index (χ1n) is 18.4. The molecule has 0 radical (unpaired) electrons. The van der Waals surface area contributed by atoms with Gasteiger partial charge in [-0.25, -0.2) is 15.0 Å². The molecule has 0 aliphatic heterocycles. The highest BCUT2D eigenvalue weighted by molar-refractivity contribution is 6.23. The van der Waals surface area contributed by atoms with E-state index in [1.54, 1.807) is 0 Å². The van der Waals surface area contributed by atoms with Gasteiger partial charge in [0.1, 0.15) is 11.2 Å². The lowest BCUT2D eigenvalue weighted by atomic mass is 9.90. The molecule has 0 saturated heterocycles. The molecule has 0 fully saturated rings. The van der Waals surface area contributed by atoms with Gasteiger partial charge < -0.3 is 4.42 Å². The summed E-state index contributed by atoms with van der Waals surface area (Å²) in [4.78, 5) is 19.9. The number of aromatic nitrogens is 4. The fourth-order valence-electron chi connectivity index (χ4n) is 8.00. The van der Waals surface area contributed by atoms with Crippen LogP contribution in [0.2, 0.25) is 0 Å². The first-order chi connectivity index (χ1) is 27.3. The first-order valence-corrected chi connectivity index (χ1v) is 18.4. The molecule has 0 aliphatic carbocycles. The molecule has 3 heterocycles. The van der Waals surface area contributed by atoms with Crippen LogP contribution in [0.5, 0.6) is 0 Å². The van der Waals surface area contributed by atoms with Gasteiger partial charge in [0.25, 0.3) is 0 Å². The summed E-state index contributed by atoms with van der Waals surface area (Å²) in [5.41, 5.74) is 8.71. The Morgan fingerprint density at radius 2 is 0.982 bits per heavy atom.